The van der Waals surface area contributed by atoms with Crippen molar-refractivity contribution in [2.24, 2.45) is 0 Å². The van der Waals surface area contributed by atoms with E-state index in [4.69, 9.17) is 0 Å². The summed E-state index contributed by atoms with van der Waals surface area (Å²) in [6.45, 7) is 6.75. The smallest absolute Gasteiger partial charge is 0.243 e. The fraction of sp³-hybridized carbons (Fsp3) is 0.538. The zero-order valence-corrected chi connectivity index (χ0v) is 12.2. The molecular weight excluding hydrogens is 267 g/mol. The normalized spacial score (nSPS) is 21.6. The first-order valence-electron chi connectivity index (χ1n) is 6.32. The average Bonchev–Trinajstić information content (AvgIpc) is 2.26. The summed E-state index contributed by atoms with van der Waals surface area (Å²) in [5, 5.41) is 3.21. The summed E-state index contributed by atoms with van der Waals surface area (Å²) in [5.74, 6) is -0.400. The molecule has 1 N–H and O–H groups in total. The van der Waals surface area contributed by atoms with Gasteiger partial charge in [0.05, 0.1) is 4.90 Å². The summed E-state index contributed by atoms with van der Waals surface area (Å²) in [5.41, 5.74) is 0.923. The third kappa shape index (κ3) is 2.80. The van der Waals surface area contributed by atoms with Crippen molar-refractivity contribution in [3.05, 3.63) is 29.1 Å². The molecule has 1 fully saturated rings. The van der Waals surface area contributed by atoms with E-state index in [9.17, 15) is 12.8 Å². The quantitative estimate of drug-likeness (QED) is 0.894. The maximum Gasteiger partial charge on any atom is 0.243 e. The minimum atomic E-state index is -3.55. The molecule has 1 heterocycles. The first kappa shape index (κ1) is 14.4. The van der Waals surface area contributed by atoms with Crippen LogP contribution in [0.15, 0.2) is 17.0 Å². The van der Waals surface area contributed by atoms with Gasteiger partial charge in [0.1, 0.15) is 5.82 Å². The number of piperazine rings is 1. The lowest BCUT2D eigenvalue weighted by molar-refractivity contribution is 0.310. The van der Waals surface area contributed by atoms with Crippen LogP contribution in [0.2, 0.25) is 0 Å². The zero-order valence-electron chi connectivity index (χ0n) is 11.4. The van der Waals surface area contributed by atoms with Crippen molar-refractivity contribution in [1.29, 1.82) is 0 Å². The highest BCUT2D eigenvalue weighted by Gasteiger charge is 2.30. The largest absolute Gasteiger partial charge is 0.312 e. The predicted molar refractivity (Wildman–Crippen MR) is 72.1 cm³/mol. The molecule has 0 bridgehead atoms. The van der Waals surface area contributed by atoms with Gasteiger partial charge in [-0.3, -0.25) is 0 Å². The Morgan fingerprint density at radius 3 is 2.42 bits per heavy atom. The summed E-state index contributed by atoms with van der Waals surface area (Å²) >= 11 is 0. The lowest BCUT2D eigenvalue weighted by atomic mass is 10.1. The van der Waals surface area contributed by atoms with Crippen molar-refractivity contribution in [2.45, 2.75) is 31.7 Å². The van der Waals surface area contributed by atoms with Crippen LogP contribution in [-0.2, 0) is 10.0 Å². The molecule has 1 saturated heterocycles. The summed E-state index contributed by atoms with van der Waals surface area (Å²) in [4.78, 5) is 0.239. The molecule has 6 heteroatoms. The number of sulfonamides is 1. The van der Waals surface area contributed by atoms with Crippen LogP contribution in [0.25, 0.3) is 0 Å². The molecule has 1 aliphatic rings. The van der Waals surface area contributed by atoms with E-state index < -0.39 is 15.8 Å². The minimum Gasteiger partial charge on any atom is -0.312 e. The zero-order chi connectivity index (χ0) is 14.2. The highest BCUT2D eigenvalue weighted by Crippen LogP contribution is 2.25. The number of benzene rings is 1. The van der Waals surface area contributed by atoms with E-state index in [2.05, 4.69) is 5.32 Å². The lowest BCUT2D eigenvalue weighted by Gasteiger charge is -2.31. The first-order valence-corrected chi connectivity index (χ1v) is 7.76. The number of rotatable bonds is 2. The Kier molecular flexibility index (Phi) is 3.94. The number of hydrogen-bond donors (Lipinski definition) is 1. The van der Waals surface area contributed by atoms with E-state index in [-0.39, 0.29) is 10.9 Å². The Bertz CT molecular complexity index is 563. The van der Waals surface area contributed by atoms with Gasteiger partial charge in [-0.05, 0) is 44.0 Å². The van der Waals surface area contributed by atoms with Crippen molar-refractivity contribution >= 4 is 10.0 Å². The second-order valence-electron chi connectivity index (χ2n) is 5.09. The van der Waals surface area contributed by atoms with Crippen molar-refractivity contribution in [3.8, 4) is 0 Å². The van der Waals surface area contributed by atoms with Gasteiger partial charge in [-0.2, -0.15) is 4.31 Å². The van der Waals surface area contributed by atoms with E-state index in [0.29, 0.717) is 30.8 Å². The molecule has 0 spiro atoms. The molecule has 19 heavy (non-hydrogen) atoms. The Morgan fingerprint density at radius 1 is 1.32 bits per heavy atom. The first-order chi connectivity index (χ1) is 8.82. The number of hydrogen-bond acceptors (Lipinski definition) is 3. The average molecular weight is 286 g/mol. The summed E-state index contributed by atoms with van der Waals surface area (Å²) in [7, 11) is -3.55. The van der Waals surface area contributed by atoms with Crippen molar-refractivity contribution < 1.29 is 12.8 Å². The highest BCUT2D eigenvalue weighted by molar-refractivity contribution is 7.89. The maximum atomic E-state index is 13.3. The maximum absolute atomic E-state index is 13.3. The molecule has 1 aliphatic heterocycles. The molecule has 0 radical (unpaired) electrons. The van der Waals surface area contributed by atoms with Gasteiger partial charge in [-0.25, -0.2) is 12.8 Å². The SMILES string of the molecule is Cc1cc(F)cc(C)c1S(=O)(=O)N1CCN[C@H](C)C1. The van der Waals surface area contributed by atoms with Gasteiger partial charge < -0.3 is 5.32 Å². The van der Waals surface area contributed by atoms with Crippen LogP contribution >= 0.6 is 0 Å². The van der Waals surface area contributed by atoms with E-state index in [1.54, 1.807) is 13.8 Å². The van der Waals surface area contributed by atoms with E-state index >= 15 is 0 Å². The van der Waals surface area contributed by atoms with Gasteiger partial charge in [0.15, 0.2) is 0 Å². The molecule has 1 aromatic rings. The van der Waals surface area contributed by atoms with Crippen LogP contribution in [0, 0.1) is 19.7 Å². The van der Waals surface area contributed by atoms with Crippen LogP contribution in [0.5, 0.6) is 0 Å². The van der Waals surface area contributed by atoms with Gasteiger partial charge in [0.25, 0.3) is 0 Å². The molecule has 1 atom stereocenters. The topological polar surface area (TPSA) is 49.4 Å². The molecule has 0 amide bonds. The van der Waals surface area contributed by atoms with Crippen LogP contribution in [0.1, 0.15) is 18.1 Å². The summed E-state index contributed by atoms with van der Waals surface area (Å²) in [6, 6.07) is 2.67. The van der Waals surface area contributed by atoms with Crippen molar-refractivity contribution in [2.75, 3.05) is 19.6 Å². The molecule has 0 saturated carbocycles. The second-order valence-corrected chi connectivity index (χ2v) is 6.96. The molecule has 4 nitrogen and oxygen atoms in total. The molecule has 0 aromatic heterocycles. The van der Waals surface area contributed by atoms with Crippen molar-refractivity contribution in [1.82, 2.24) is 9.62 Å². The summed E-state index contributed by atoms with van der Waals surface area (Å²) in [6.07, 6.45) is 0. The Balaban J connectivity index is 2.45. The minimum absolute atomic E-state index is 0.129. The Labute approximate surface area is 113 Å². The summed E-state index contributed by atoms with van der Waals surface area (Å²) < 4.78 is 40.1. The monoisotopic (exact) mass is 286 g/mol. The van der Waals surface area contributed by atoms with Crippen LogP contribution in [-0.4, -0.2) is 38.4 Å². The van der Waals surface area contributed by atoms with Gasteiger partial charge in [0, 0.05) is 25.7 Å². The van der Waals surface area contributed by atoms with Crippen LogP contribution in [0.4, 0.5) is 4.39 Å². The van der Waals surface area contributed by atoms with E-state index in [1.165, 1.54) is 16.4 Å². The van der Waals surface area contributed by atoms with E-state index in [0.717, 1.165) is 0 Å². The van der Waals surface area contributed by atoms with Crippen LogP contribution < -0.4 is 5.32 Å². The molecule has 0 aliphatic carbocycles. The third-order valence-electron chi connectivity index (χ3n) is 3.35. The lowest BCUT2D eigenvalue weighted by Crippen LogP contribution is -2.51. The molecule has 2 rings (SSSR count). The number of nitrogens with zero attached hydrogens (tertiary/aromatic N) is 1. The van der Waals surface area contributed by atoms with Gasteiger partial charge >= 0.3 is 0 Å². The molecule has 1 aromatic carbocycles. The standard InChI is InChI=1S/C13H19FN2O2S/c1-9-6-12(14)7-10(2)13(9)19(17,18)16-5-4-15-11(3)8-16/h6-7,11,15H,4-5,8H2,1-3H3/t11-/m1/s1. The predicted octanol–water partition coefficient (Wildman–Crippen LogP) is 1.42. The molecular formula is C13H19FN2O2S. The van der Waals surface area contributed by atoms with Crippen LogP contribution in [0.3, 0.4) is 0 Å². The fourth-order valence-corrected chi connectivity index (χ4v) is 4.49. The molecule has 0 unspecified atom stereocenters. The van der Waals surface area contributed by atoms with Crippen molar-refractivity contribution in [3.63, 3.8) is 0 Å². The number of aryl methyl sites for hydroxylation is 2. The van der Waals surface area contributed by atoms with Gasteiger partial charge in [-0.1, -0.05) is 0 Å². The fourth-order valence-electron chi connectivity index (χ4n) is 2.55. The number of halogens is 1. The van der Waals surface area contributed by atoms with Gasteiger partial charge in [-0.15, -0.1) is 0 Å². The Hall–Kier alpha value is -0.980. The third-order valence-corrected chi connectivity index (χ3v) is 5.53. The highest BCUT2D eigenvalue weighted by atomic mass is 32.2. The Morgan fingerprint density at radius 2 is 1.89 bits per heavy atom. The number of nitrogens with one attached hydrogen (secondary N) is 1. The van der Waals surface area contributed by atoms with E-state index in [1.807, 2.05) is 6.92 Å². The second kappa shape index (κ2) is 5.19. The van der Waals surface area contributed by atoms with Gasteiger partial charge in [0.2, 0.25) is 10.0 Å². The molecule has 106 valence electrons.